The minimum absolute atomic E-state index is 0.301. The maximum Gasteiger partial charge on any atom is 0.242 e. The predicted octanol–water partition coefficient (Wildman–Crippen LogP) is 2.29. The van der Waals surface area contributed by atoms with E-state index < -0.39 is 10.0 Å². The van der Waals surface area contributed by atoms with Crippen LogP contribution in [0.25, 0.3) is 0 Å². The second kappa shape index (κ2) is 5.73. The Morgan fingerprint density at radius 3 is 2.58 bits per heavy atom. The number of hydrogen-bond donors (Lipinski definition) is 2. The van der Waals surface area contributed by atoms with E-state index in [2.05, 4.69) is 16.3 Å². The van der Waals surface area contributed by atoms with E-state index in [4.69, 9.17) is 0 Å². The van der Waals surface area contributed by atoms with Crippen LogP contribution in [0.1, 0.15) is 19.8 Å². The molecule has 0 aliphatic heterocycles. The lowest BCUT2D eigenvalue weighted by Crippen LogP contribution is -2.25. The zero-order valence-electron chi connectivity index (χ0n) is 11.3. The van der Waals surface area contributed by atoms with Gasteiger partial charge in [0, 0.05) is 17.8 Å². The Balaban J connectivity index is 2.17. The Morgan fingerprint density at radius 2 is 2.00 bits per heavy atom. The normalized spacial score (nSPS) is 17.2. The van der Waals surface area contributed by atoms with Crippen LogP contribution < -0.4 is 10.0 Å². The van der Waals surface area contributed by atoms with Crippen molar-refractivity contribution in [1.82, 2.24) is 4.72 Å². The quantitative estimate of drug-likeness (QED) is 0.811. The van der Waals surface area contributed by atoms with Crippen molar-refractivity contribution in [3.63, 3.8) is 0 Å². The lowest BCUT2D eigenvalue weighted by atomic mass is 10.3. The summed E-state index contributed by atoms with van der Waals surface area (Å²) in [6, 6.07) is 7.06. The predicted molar refractivity (Wildman–Crippen MR) is 81.3 cm³/mol. The number of rotatable bonds is 7. The number of thioether (sulfide) groups is 1. The van der Waals surface area contributed by atoms with Gasteiger partial charge in [-0.3, -0.25) is 0 Å². The summed E-state index contributed by atoms with van der Waals surface area (Å²) < 4.78 is 27.0. The highest BCUT2D eigenvalue weighted by Gasteiger charge is 2.41. The van der Waals surface area contributed by atoms with Gasteiger partial charge >= 0.3 is 0 Å². The van der Waals surface area contributed by atoms with Gasteiger partial charge in [0.05, 0.1) is 5.69 Å². The molecule has 2 rings (SSSR count). The van der Waals surface area contributed by atoms with Crippen LogP contribution in [0.3, 0.4) is 0 Å². The molecule has 0 unspecified atom stereocenters. The summed E-state index contributed by atoms with van der Waals surface area (Å²) >= 11 is 1.85. The van der Waals surface area contributed by atoms with Crippen molar-refractivity contribution in [2.45, 2.75) is 29.4 Å². The lowest BCUT2D eigenvalue weighted by Gasteiger charge is -2.17. The van der Waals surface area contributed by atoms with Gasteiger partial charge < -0.3 is 5.32 Å². The van der Waals surface area contributed by atoms with Crippen LogP contribution in [0.15, 0.2) is 29.2 Å². The summed E-state index contributed by atoms with van der Waals surface area (Å²) in [5.74, 6) is 0. The molecule has 1 aliphatic carbocycles. The van der Waals surface area contributed by atoms with Crippen LogP contribution in [0, 0.1) is 0 Å². The molecule has 19 heavy (non-hydrogen) atoms. The summed E-state index contributed by atoms with van der Waals surface area (Å²) in [6.07, 6.45) is 4.50. The standard InChI is InChI=1S/C13H20N2O2S2/c1-3-15-19(16,17)12-7-5-4-6-11(12)14-10-13(18-2)8-9-13/h4-7,14-15H,3,8-10H2,1-2H3. The summed E-state index contributed by atoms with van der Waals surface area (Å²) in [6.45, 7) is 2.98. The van der Waals surface area contributed by atoms with Gasteiger partial charge in [0.15, 0.2) is 0 Å². The van der Waals surface area contributed by atoms with Crippen molar-refractivity contribution < 1.29 is 8.42 Å². The van der Waals surface area contributed by atoms with Gasteiger partial charge in [-0.1, -0.05) is 19.1 Å². The molecule has 0 atom stereocenters. The Kier molecular flexibility index (Phi) is 4.43. The van der Waals surface area contributed by atoms with Crippen molar-refractivity contribution in [3.8, 4) is 0 Å². The Bertz CT molecular complexity index is 539. The minimum Gasteiger partial charge on any atom is -0.383 e. The number of hydrogen-bond acceptors (Lipinski definition) is 4. The van der Waals surface area contributed by atoms with Crippen LogP contribution in [-0.4, -0.2) is 32.5 Å². The van der Waals surface area contributed by atoms with Crippen molar-refractivity contribution >= 4 is 27.5 Å². The molecule has 106 valence electrons. The fourth-order valence-electron chi connectivity index (χ4n) is 1.96. The number of nitrogens with one attached hydrogen (secondary N) is 2. The van der Waals surface area contributed by atoms with E-state index in [-0.39, 0.29) is 0 Å². The van der Waals surface area contributed by atoms with Gasteiger partial charge in [0.2, 0.25) is 10.0 Å². The molecular weight excluding hydrogens is 280 g/mol. The fourth-order valence-corrected chi connectivity index (χ4v) is 3.91. The zero-order chi connectivity index (χ0) is 13.9. The van der Waals surface area contributed by atoms with Crippen LogP contribution in [0.4, 0.5) is 5.69 Å². The van der Waals surface area contributed by atoms with Gasteiger partial charge in [0.1, 0.15) is 4.90 Å². The smallest absolute Gasteiger partial charge is 0.242 e. The lowest BCUT2D eigenvalue weighted by molar-refractivity contribution is 0.584. The Morgan fingerprint density at radius 1 is 1.32 bits per heavy atom. The molecule has 2 N–H and O–H groups in total. The van der Waals surface area contributed by atoms with Gasteiger partial charge in [-0.05, 0) is 31.2 Å². The van der Waals surface area contributed by atoms with Crippen LogP contribution >= 0.6 is 11.8 Å². The summed E-state index contributed by atoms with van der Waals surface area (Å²) in [5, 5.41) is 3.29. The van der Waals surface area contributed by atoms with Crippen molar-refractivity contribution in [3.05, 3.63) is 24.3 Å². The highest BCUT2D eigenvalue weighted by Crippen LogP contribution is 2.47. The number of benzene rings is 1. The van der Waals surface area contributed by atoms with Crippen molar-refractivity contribution in [1.29, 1.82) is 0 Å². The van der Waals surface area contributed by atoms with E-state index in [0.29, 0.717) is 21.9 Å². The third-order valence-corrected chi connectivity index (χ3v) is 6.37. The first-order valence-corrected chi connectivity index (χ1v) is 9.11. The van der Waals surface area contributed by atoms with E-state index in [0.717, 1.165) is 6.54 Å². The second-order valence-corrected chi connectivity index (χ2v) is 7.75. The summed E-state index contributed by atoms with van der Waals surface area (Å²) in [5.41, 5.74) is 0.684. The molecule has 0 amide bonds. The van der Waals surface area contributed by atoms with Crippen LogP contribution in [0.5, 0.6) is 0 Å². The molecule has 0 aromatic heterocycles. The Labute approximate surface area is 119 Å². The van der Waals surface area contributed by atoms with E-state index in [9.17, 15) is 8.42 Å². The first-order chi connectivity index (χ1) is 9.03. The molecule has 1 fully saturated rings. The van der Waals surface area contributed by atoms with Gasteiger partial charge in [-0.15, -0.1) is 0 Å². The molecule has 1 aliphatic rings. The number of para-hydroxylation sites is 1. The highest BCUT2D eigenvalue weighted by atomic mass is 32.2. The molecule has 1 saturated carbocycles. The topological polar surface area (TPSA) is 58.2 Å². The van der Waals surface area contributed by atoms with E-state index in [1.54, 1.807) is 19.1 Å². The molecule has 4 nitrogen and oxygen atoms in total. The maximum atomic E-state index is 12.1. The molecule has 6 heteroatoms. The first kappa shape index (κ1) is 14.7. The molecule has 0 heterocycles. The first-order valence-electron chi connectivity index (χ1n) is 6.41. The van der Waals surface area contributed by atoms with Gasteiger partial charge in [-0.2, -0.15) is 11.8 Å². The third kappa shape index (κ3) is 3.43. The molecule has 1 aromatic carbocycles. The average molecular weight is 300 g/mol. The largest absolute Gasteiger partial charge is 0.383 e. The molecule has 1 aromatic rings. The fraction of sp³-hybridized carbons (Fsp3) is 0.538. The summed E-state index contributed by atoms with van der Waals surface area (Å²) in [7, 11) is -3.41. The molecule has 0 spiro atoms. The average Bonchev–Trinajstić information content (AvgIpc) is 3.17. The van der Waals surface area contributed by atoms with Crippen molar-refractivity contribution in [2.75, 3.05) is 24.7 Å². The molecule has 0 bridgehead atoms. The van der Waals surface area contributed by atoms with Crippen LogP contribution in [-0.2, 0) is 10.0 Å². The Hall–Kier alpha value is -0.720. The summed E-state index contributed by atoms with van der Waals surface area (Å²) in [4.78, 5) is 0.328. The zero-order valence-corrected chi connectivity index (χ0v) is 12.9. The second-order valence-electron chi connectivity index (χ2n) is 4.74. The molecule has 0 saturated heterocycles. The molecule has 0 radical (unpaired) electrons. The van der Waals surface area contributed by atoms with E-state index >= 15 is 0 Å². The third-order valence-electron chi connectivity index (χ3n) is 3.35. The number of sulfonamides is 1. The highest BCUT2D eigenvalue weighted by molar-refractivity contribution is 8.00. The molecular formula is C13H20N2O2S2. The van der Waals surface area contributed by atoms with Crippen LogP contribution in [0.2, 0.25) is 0 Å². The maximum absolute atomic E-state index is 12.1. The van der Waals surface area contributed by atoms with E-state index in [1.807, 2.05) is 23.9 Å². The van der Waals surface area contributed by atoms with E-state index in [1.165, 1.54) is 12.8 Å². The van der Waals surface area contributed by atoms with Gasteiger partial charge in [-0.25, -0.2) is 13.1 Å². The number of anilines is 1. The van der Waals surface area contributed by atoms with Crippen molar-refractivity contribution in [2.24, 2.45) is 0 Å². The minimum atomic E-state index is -3.41. The SMILES string of the molecule is CCNS(=O)(=O)c1ccccc1NCC1(SC)CC1. The monoisotopic (exact) mass is 300 g/mol. The van der Waals surface area contributed by atoms with Gasteiger partial charge in [0.25, 0.3) is 0 Å².